The van der Waals surface area contributed by atoms with Gasteiger partial charge in [0.05, 0.1) is 18.8 Å². The molecule has 0 spiro atoms. The van der Waals surface area contributed by atoms with Crippen molar-refractivity contribution < 1.29 is 32.5 Å². The second-order valence-corrected chi connectivity index (χ2v) is 11.1. The molecule has 3 atom stereocenters. The van der Waals surface area contributed by atoms with E-state index in [-0.39, 0.29) is 25.0 Å². The number of ether oxygens (including phenoxy) is 3. The molecule has 0 radical (unpaired) electrons. The van der Waals surface area contributed by atoms with E-state index in [2.05, 4.69) is 4.90 Å². The van der Waals surface area contributed by atoms with Crippen LogP contribution in [0.4, 0.5) is 0 Å². The number of methoxy groups -OCH3 is 1. The Bertz CT molecular complexity index is 1150. The van der Waals surface area contributed by atoms with Gasteiger partial charge in [-0.15, -0.1) is 0 Å². The van der Waals surface area contributed by atoms with Gasteiger partial charge < -0.3 is 19.3 Å². The number of aliphatic carboxylic acids is 1. The number of fused-ring (bicyclic) bond motifs is 1. The average molecular weight is 505 g/mol. The summed E-state index contributed by atoms with van der Waals surface area (Å²) < 4.78 is 42.6. The molecule has 1 unspecified atom stereocenters. The molecule has 190 valence electrons. The van der Waals surface area contributed by atoms with Crippen molar-refractivity contribution in [2.24, 2.45) is 5.92 Å². The van der Waals surface area contributed by atoms with Gasteiger partial charge in [0, 0.05) is 38.6 Å². The van der Waals surface area contributed by atoms with Gasteiger partial charge in [0.25, 0.3) is 0 Å². The Hall–Kier alpha value is -2.82. The molecule has 0 bridgehead atoms. The number of likely N-dealkylation sites (N-methyl/N-ethyl adjacent to an activating group) is 1. The topological polar surface area (TPSA) is 106 Å². The van der Waals surface area contributed by atoms with E-state index in [0.717, 1.165) is 11.1 Å². The molecule has 4 rings (SSSR count). The number of sulfonamides is 1. The molecule has 1 N–H and O–H groups in total. The SMILES string of the molecule is CCCS(=O)(=O)N(C)CCN1CC(c2ccc3c(c2)OCO3)[C@H](C(=O)O)[C@H]1c1ccc(OC)cc1. The van der Waals surface area contributed by atoms with Gasteiger partial charge in [-0.3, -0.25) is 9.69 Å². The third kappa shape index (κ3) is 5.24. The number of likely N-dealkylation sites (tertiary alicyclic amines) is 1. The van der Waals surface area contributed by atoms with Gasteiger partial charge in [0.1, 0.15) is 5.75 Å². The Kier molecular flexibility index (Phi) is 7.53. The van der Waals surface area contributed by atoms with Crippen molar-refractivity contribution in [3.8, 4) is 17.2 Å². The predicted octanol–water partition coefficient (Wildman–Crippen LogP) is 2.94. The number of benzene rings is 2. The van der Waals surface area contributed by atoms with Crippen molar-refractivity contribution in [3.05, 3.63) is 53.6 Å². The first-order chi connectivity index (χ1) is 16.7. The summed E-state index contributed by atoms with van der Waals surface area (Å²) in [5.41, 5.74) is 1.70. The summed E-state index contributed by atoms with van der Waals surface area (Å²) in [5.74, 6) is 0.0726. The Morgan fingerprint density at radius 3 is 2.49 bits per heavy atom. The van der Waals surface area contributed by atoms with Gasteiger partial charge in [0.15, 0.2) is 11.5 Å². The third-order valence-corrected chi connectivity index (χ3v) is 8.86. The number of carbonyl (C=O) groups is 1. The van der Waals surface area contributed by atoms with Gasteiger partial charge in [-0.1, -0.05) is 25.1 Å². The van der Waals surface area contributed by atoms with Crippen molar-refractivity contribution in [1.82, 2.24) is 9.21 Å². The second kappa shape index (κ2) is 10.4. The van der Waals surface area contributed by atoms with E-state index in [1.807, 2.05) is 49.4 Å². The van der Waals surface area contributed by atoms with Gasteiger partial charge >= 0.3 is 5.97 Å². The molecule has 2 aromatic carbocycles. The van der Waals surface area contributed by atoms with Gasteiger partial charge in [-0.05, 0) is 41.8 Å². The second-order valence-electron chi connectivity index (χ2n) is 8.93. The highest BCUT2D eigenvalue weighted by molar-refractivity contribution is 7.89. The molecule has 0 saturated carbocycles. The summed E-state index contributed by atoms with van der Waals surface area (Å²) in [4.78, 5) is 14.7. The Balaban J connectivity index is 1.67. The average Bonchev–Trinajstić information content (AvgIpc) is 3.46. The Morgan fingerprint density at radius 1 is 1.14 bits per heavy atom. The zero-order valence-corrected chi connectivity index (χ0v) is 21.0. The number of carboxylic acids is 1. The van der Waals surface area contributed by atoms with Crippen molar-refractivity contribution in [1.29, 1.82) is 0 Å². The van der Waals surface area contributed by atoms with E-state index in [0.29, 0.717) is 36.8 Å². The monoisotopic (exact) mass is 504 g/mol. The summed E-state index contributed by atoms with van der Waals surface area (Å²) in [7, 11) is -0.193. The van der Waals surface area contributed by atoms with Gasteiger partial charge in [0.2, 0.25) is 16.8 Å². The van der Waals surface area contributed by atoms with Crippen LogP contribution < -0.4 is 14.2 Å². The minimum atomic E-state index is -3.35. The first kappa shape index (κ1) is 25.3. The van der Waals surface area contributed by atoms with E-state index in [1.165, 1.54) is 4.31 Å². The van der Waals surface area contributed by atoms with Crippen LogP contribution in [0.25, 0.3) is 0 Å². The molecule has 2 aliphatic rings. The van der Waals surface area contributed by atoms with E-state index in [1.54, 1.807) is 14.2 Å². The number of rotatable bonds is 10. The third-order valence-electron chi connectivity index (χ3n) is 6.80. The molecule has 1 fully saturated rings. The molecule has 9 nitrogen and oxygen atoms in total. The summed E-state index contributed by atoms with van der Waals surface area (Å²) in [6, 6.07) is 12.5. The van der Waals surface area contributed by atoms with Crippen molar-refractivity contribution in [2.75, 3.05) is 46.3 Å². The van der Waals surface area contributed by atoms with Crippen LogP contribution in [0.1, 0.15) is 36.4 Å². The molecule has 0 aromatic heterocycles. The highest BCUT2D eigenvalue weighted by Gasteiger charge is 2.47. The number of hydrogen-bond donors (Lipinski definition) is 1. The van der Waals surface area contributed by atoms with Crippen molar-refractivity contribution in [3.63, 3.8) is 0 Å². The minimum absolute atomic E-state index is 0.0863. The molecule has 35 heavy (non-hydrogen) atoms. The van der Waals surface area contributed by atoms with Crippen LogP contribution in [0.3, 0.4) is 0 Å². The van der Waals surface area contributed by atoms with E-state index < -0.39 is 28.0 Å². The first-order valence-electron chi connectivity index (χ1n) is 11.7. The lowest BCUT2D eigenvalue weighted by molar-refractivity contribution is -0.143. The number of hydrogen-bond acceptors (Lipinski definition) is 7. The largest absolute Gasteiger partial charge is 0.497 e. The first-order valence-corrected chi connectivity index (χ1v) is 13.3. The lowest BCUT2D eigenvalue weighted by atomic mass is 9.82. The zero-order valence-electron chi connectivity index (χ0n) is 20.2. The molecule has 2 aromatic rings. The highest BCUT2D eigenvalue weighted by Crippen LogP contribution is 2.47. The predicted molar refractivity (Wildman–Crippen MR) is 130 cm³/mol. The fraction of sp³-hybridized carbons (Fsp3) is 0.480. The Labute approximate surface area is 206 Å². The highest BCUT2D eigenvalue weighted by atomic mass is 32.2. The molecule has 10 heteroatoms. The minimum Gasteiger partial charge on any atom is -0.497 e. The summed E-state index contributed by atoms with van der Waals surface area (Å²) in [5, 5.41) is 10.4. The van der Waals surface area contributed by atoms with Gasteiger partial charge in [-0.2, -0.15) is 0 Å². The molecular formula is C25H32N2O7S. The quantitative estimate of drug-likeness (QED) is 0.527. The Morgan fingerprint density at radius 2 is 1.83 bits per heavy atom. The summed E-state index contributed by atoms with van der Waals surface area (Å²) in [6.45, 7) is 3.12. The maximum absolute atomic E-state index is 12.6. The summed E-state index contributed by atoms with van der Waals surface area (Å²) >= 11 is 0. The molecule has 0 amide bonds. The van der Waals surface area contributed by atoms with Crippen LogP contribution in [0.2, 0.25) is 0 Å². The zero-order chi connectivity index (χ0) is 25.2. The molecule has 1 saturated heterocycles. The lowest BCUT2D eigenvalue weighted by Crippen LogP contribution is -2.38. The number of nitrogens with zero attached hydrogens (tertiary/aromatic N) is 2. The van der Waals surface area contributed by atoms with Crippen LogP contribution in [-0.2, 0) is 14.8 Å². The maximum atomic E-state index is 12.6. The van der Waals surface area contributed by atoms with Crippen molar-refractivity contribution >= 4 is 16.0 Å². The molecule has 0 aliphatic carbocycles. The lowest BCUT2D eigenvalue weighted by Gasteiger charge is -2.29. The standard InChI is InChI=1S/C25H32N2O7S/c1-4-13-35(30,31)26(2)11-12-27-15-20(18-7-10-21-22(14-18)34-16-33-21)23(25(28)29)24(27)17-5-8-19(32-3)9-6-17/h5-10,14,20,23-24H,4,11-13,15-16H2,1-3H3,(H,28,29)/t20?,23-,24+/m0/s1. The van der Waals surface area contributed by atoms with E-state index in [4.69, 9.17) is 14.2 Å². The maximum Gasteiger partial charge on any atom is 0.309 e. The fourth-order valence-corrected chi connectivity index (χ4v) is 6.15. The van der Waals surface area contributed by atoms with Crippen LogP contribution in [0.5, 0.6) is 17.2 Å². The smallest absolute Gasteiger partial charge is 0.309 e. The fourth-order valence-electron chi connectivity index (χ4n) is 4.96. The van der Waals surface area contributed by atoms with E-state index in [9.17, 15) is 18.3 Å². The van der Waals surface area contributed by atoms with Gasteiger partial charge in [-0.25, -0.2) is 12.7 Å². The normalized spacial score (nSPS) is 22.0. The van der Waals surface area contributed by atoms with Crippen LogP contribution in [-0.4, -0.2) is 75.0 Å². The summed E-state index contributed by atoms with van der Waals surface area (Å²) in [6.07, 6.45) is 0.540. The van der Waals surface area contributed by atoms with Crippen LogP contribution in [0, 0.1) is 5.92 Å². The molecule has 2 aliphatic heterocycles. The van der Waals surface area contributed by atoms with Crippen molar-refractivity contribution in [2.45, 2.75) is 25.3 Å². The molecular weight excluding hydrogens is 472 g/mol. The van der Waals surface area contributed by atoms with E-state index >= 15 is 0 Å². The molecule has 2 heterocycles. The van der Waals surface area contributed by atoms with Crippen LogP contribution in [0.15, 0.2) is 42.5 Å². The van der Waals surface area contributed by atoms with Crippen LogP contribution >= 0.6 is 0 Å². The number of carboxylic acid groups (broad SMARTS) is 1.